The smallest absolute Gasteiger partial charge is 0.247 e. The number of aryl methyl sites for hydroxylation is 2. The molecular weight excluding hydrogens is 382 g/mol. The SMILES string of the molecule is Cc1cccc(C)c1NC(=O)CN1CCN(C(=O)/C=C/Sc2ccccc2)CC1. The fourth-order valence-corrected chi connectivity index (χ4v) is 3.95. The van der Waals surface area contributed by atoms with Crippen molar-refractivity contribution < 1.29 is 9.59 Å². The molecule has 3 rings (SSSR count). The van der Waals surface area contributed by atoms with Gasteiger partial charge in [0, 0.05) is 42.8 Å². The number of anilines is 1. The van der Waals surface area contributed by atoms with Crippen molar-refractivity contribution in [1.82, 2.24) is 9.80 Å². The summed E-state index contributed by atoms with van der Waals surface area (Å²) in [4.78, 5) is 29.8. The highest BCUT2D eigenvalue weighted by Gasteiger charge is 2.21. The molecule has 6 heteroatoms. The number of nitrogens with zero attached hydrogens (tertiary/aromatic N) is 2. The van der Waals surface area contributed by atoms with Crippen LogP contribution in [0.5, 0.6) is 0 Å². The Labute approximate surface area is 176 Å². The van der Waals surface area contributed by atoms with Gasteiger partial charge in [0.25, 0.3) is 0 Å². The molecule has 0 saturated carbocycles. The Kier molecular flexibility index (Phi) is 7.49. The van der Waals surface area contributed by atoms with Crippen LogP contribution < -0.4 is 5.32 Å². The zero-order valence-electron chi connectivity index (χ0n) is 16.9. The fourth-order valence-electron chi connectivity index (χ4n) is 3.30. The fraction of sp³-hybridized carbons (Fsp3) is 0.304. The highest BCUT2D eigenvalue weighted by Crippen LogP contribution is 2.20. The largest absolute Gasteiger partial charge is 0.337 e. The third kappa shape index (κ3) is 6.21. The van der Waals surface area contributed by atoms with Gasteiger partial charge in [-0.1, -0.05) is 48.2 Å². The Morgan fingerprint density at radius 1 is 0.966 bits per heavy atom. The van der Waals surface area contributed by atoms with E-state index in [0.29, 0.717) is 32.7 Å². The predicted molar refractivity (Wildman–Crippen MR) is 119 cm³/mol. The molecule has 2 aromatic carbocycles. The van der Waals surface area contributed by atoms with Gasteiger partial charge in [0.15, 0.2) is 0 Å². The maximum atomic E-state index is 12.4. The molecule has 0 atom stereocenters. The minimum absolute atomic E-state index is 0.0127. The minimum Gasteiger partial charge on any atom is -0.337 e. The summed E-state index contributed by atoms with van der Waals surface area (Å²) in [5, 5.41) is 4.86. The van der Waals surface area contributed by atoms with Crippen molar-refractivity contribution in [3.05, 3.63) is 71.1 Å². The van der Waals surface area contributed by atoms with E-state index in [1.807, 2.05) is 72.7 Å². The molecule has 0 spiro atoms. The topological polar surface area (TPSA) is 52.7 Å². The quantitative estimate of drug-likeness (QED) is 0.584. The van der Waals surface area contributed by atoms with Crippen LogP contribution >= 0.6 is 11.8 Å². The van der Waals surface area contributed by atoms with Crippen LogP contribution in [0.4, 0.5) is 5.69 Å². The van der Waals surface area contributed by atoms with Crippen LogP contribution in [0.15, 0.2) is 64.9 Å². The Morgan fingerprint density at radius 3 is 2.28 bits per heavy atom. The van der Waals surface area contributed by atoms with Gasteiger partial charge in [-0.2, -0.15) is 0 Å². The lowest BCUT2D eigenvalue weighted by molar-refractivity contribution is -0.128. The summed E-state index contributed by atoms with van der Waals surface area (Å²) < 4.78 is 0. The van der Waals surface area contributed by atoms with Crippen molar-refractivity contribution in [1.29, 1.82) is 0 Å². The van der Waals surface area contributed by atoms with Crippen LogP contribution in [0, 0.1) is 13.8 Å². The molecule has 1 fully saturated rings. The lowest BCUT2D eigenvalue weighted by atomic mass is 10.1. The highest BCUT2D eigenvalue weighted by atomic mass is 32.2. The van der Waals surface area contributed by atoms with Crippen LogP contribution in [0.2, 0.25) is 0 Å². The number of rotatable bonds is 6. The third-order valence-electron chi connectivity index (χ3n) is 4.95. The van der Waals surface area contributed by atoms with Crippen molar-refractivity contribution in [3.8, 4) is 0 Å². The molecule has 0 aliphatic carbocycles. The number of nitrogens with one attached hydrogen (secondary N) is 1. The summed E-state index contributed by atoms with van der Waals surface area (Å²) in [5.74, 6) is 0.00870. The molecule has 1 aliphatic heterocycles. The standard InChI is InChI=1S/C23H27N3O2S/c1-18-7-6-8-19(2)23(18)24-21(27)17-25-12-14-26(15-13-25)22(28)11-16-29-20-9-4-3-5-10-20/h3-11,16H,12-15,17H2,1-2H3,(H,24,27)/b16-11+. The molecule has 2 amide bonds. The second kappa shape index (κ2) is 10.3. The summed E-state index contributed by atoms with van der Waals surface area (Å²) in [6.07, 6.45) is 1.63. The Bertz CT molecular complexity index is 855. The summed E-state index contributed by atoms with van der Waals surface area (Å²) in [7, 11) is 0. The zero-order chi connectivity index (χ0) is 20.6. The molecule has 2 aromatic rings. The molecule has 1 N–H and O–H groups in total. The van der Waals surface area contributed by atoms with Crippen molar-refractivity contribution in [2.24, 2.45) is 0 Å². The van der Waals surface area contributed by atoms with Gasteiger partial charge in [-0.25, -0.2) is 0 Å². The summed E-state index contributed by atoms with van der Waals surface area (Å²) in [6, 6.07) is 15.9. The first-order valence-corrected chi connectivity index (χ1v) is 10.7. The van der Waals surface area contributed by atoms with Crippen LogP contribution in [0.25, 0.3) is 0 Å². The van der Waals surface area contributed by atoms with E-state index in [1.165, 1.54) is 11.8 Å². The number of amides is 2. The number of hydrogen-bond donors (Lipinski definition) is 1. The van der Waals surface area contributed by atoms with Gasteiger partial charge >= 0.3 is 0 Å². The monoisotopic (exact) mass is 409 g/mol. The Morgan fingerprint density at radius 2 is 1.62 bits per heavy atom. The van der Waals surface area contributed by atoms with Crippen molar-refractivity contribution in [3.63, 3.8) is 0 Å². The number of benzene rings is 2. The van der Waals surface area contributed by atoms with Crippen LogP contribution in [0.3, 0.4) is 0 Å². The molecule has 5 nitrogen and oxygen atoms in total. The van der Waals surface area contributed by atoms with Gasteiger partial charge in [-0.05, 0) is 42.5 Å². The number of thioether (sulfide) groups is 1. The van der Waals surface area contributed by atoms with Gasteiger partial charge in [0.05, 0.1) is 6.54 Å². The molecule has 0 bridgehead atoms. The van der Waals surface area contributed by atoms with Crippen molar-refractivity contribution in [2.75, 3.05) is 38.0 Å². The summed E-state index contributed by atoms with van der Waals surface area (Å²) in [6.45, 7) is 7.01. The maximum absolute atomic E-state index is 12.4. The zero-order valence-corrected chi connectivity index (χ0v) is 17.7. The lowest BCUT2D eigenvalue weighted by Crippen LogP contribution is -2.50. The van der Waals surface area contributed by atoms with E-state index in [4.69, 9.17) is 0 Å². The van der Waals surface area contributed by atoms with Gasteiger partial charge in [-0.3, -0.25) is 14.5 Å². The van der Waals surface area contributed by atoms with E-state index < -0.39 is 0 Å². The molecule has 1 saturated heterocycles. The van der Waals surface area contributed by atoms with E-state index in [2.05, 4.69) is 10.2 Å². The number of carbonyl (C=O) groups is 2. The molecule has 0 radical (unpaired) electrons. The first-order valence-electron chi connectivity index (χ1n) is 9.78. The number of piperazine rings is 1. The van der Waals surface area contributed by atoms with Gasteiger partial charge in [-0.15, -0.1) is 0 Å². The average Bonchev–Trinajstić information content (AvgIpc) is 2.72. The lowest BCUT2D eigenvalue weighted by Gasteiger charge is -2.33. The van der Waals surface area contributed by atoms with Gasteiger partial charge in [0.1, 0.15) is 0 Å². The highest BCUT2D eigenvalue weighted by molar-refractivity contribution is 8.02. The minimum atomic E-state index is -0.0127. The van der Waals surface area contributed by atoms with Gasteiger partial charge < -0.3 is 10.2 Å². The van der Waals surface area contributed by atoms with Crippen molar-refractivity contribution >= 4 is 29.3 Å². The van der Waals surface area contributed by atoms with E-state index in [1.54, 1.807) is 6.08 Å². The second-order valence-corrected chi connectivity index (χ2v) is 8.13. The van der Waals surface area contributed by atoms with Crippen LogP contribution in [-0.2, 0) is 9.59 Å². The number of carbonyl (C=O) groups excluding carboxylic acids is 2. The summed E-state index contributed by atoms with van der Waals surface area (Å²) in [5.41, 5.74) is 3.02. The first kappa shape index (κ1) is 21.1. The molecule has 1 aliphatic rings. The normalized spacial score (nSPS) is 14.9. The Balaban J connectivity index is 1.43. The molecule has 1 heterocycles. The summed E-state index contributed by atoms with van der Waals surface area (Å²) >= 11 is 1.53. The van der Waals surface area contributed by atoms with Crippen LogP contribution in [0.1, 0.15) is 11.1 Å². The molecular formula is C23H27N3O2S. The maximum Gasteiger partial charge on any atom is 0.247 e. The van der Waals surface area contributed by atoms with E-state index in [0.717, 1.165) is 21.7 Å². The average molecular weight is 410 g/mol. The molecule has 0 aromatic heterocycles. The first-order chi connectivity index (χ1) is 14.0. The van der Waals surface area contributed by atoms with E-state index >= 15 is 0 Å². The van der Waals surface area contributed by atoms with E-state index in [-0.39, 0.29) is 11.8 Å². The molecule has 29 heavy (non-hydrogen) atoms. The second-order valence-electron chi connectivity index (χ2n) is 7.15. The Hall–Kier alpha value is -2.57. The van der Waals surface area contributed by atoms with Crippen molar-refractivity contribution in [2.45, 2.75) is 18.7 Å². The van der Waals surface area contributed by atoms with Crippen LogP contribution in [-0.4, -0.2) is 54.3 Å². The third-order valence-corrected chi connectivity index (χ3v) is 5.77. The van der Waals surface area contributed by atoms with E-state index in [9.17, 15) is 9.59 Å². The predicted octanol–water partition coefficient (Wildman–Crippen LogP) is 3.69. The molecule has 152 valence electrons. The number of hydrogen-bond acceptors (Lipinski definition) is 4. The molecule has 0 unspecified atom stereocenters. The number of para-hydroxylation sites is 1. The van der Waals surface area contributed by atoms with Gasteiger partial charge in [0.2, 0.25) is 11.8 Å².